The highest BCUT2D eigenvalue weighted by Crippen LogP contribution is 2.14. The molecule has 2 rings (SSSR count). The van der Waals surface area contributed by atoms with Crippen molar-refractivity contribution in [3.63, 3.8) is 0 Å². The number of aryl methyl sites for hydroxylation is 1. The Balaban J connectivity index is 2.47. The van der Waals surface area contributed by atoms with Crippen molar-refractivity contribution in [1.29, 1.82) is 0 Å². The molecule has 3 nitrogen and oxygen atoms in total. The standard InChI is InChI=1S/C12H15N3/c1-10-14-9-12(7-8-13)15(10)11-5-3-2-4-6-11/h2-6,9H,7-8,13H2,1H3. The Kier molecular flexibility index (Phi) is 2.83. The number of imidazole rings is 1. The first-order valence-corrected chi connectivity index (χ1v) is 5.11. The first-order valence-electron chi connectivity index (χ1n) is 5.11. The summed E-state index contributed by atoms with van der Waals surface area (Å²) in [6, 6.07) is 10.2. The number of nitrogens with zero attached hydrogens (tertiary/aromatic N) is 2. The highest BCUT2D eigenvalue weighted by Gasteiger charge is 2.06. The lowest BCUT2D eigenvalue weighted by atomic mass is 10.2. The third-order valence-electron chi connectivity index (χ3n) is 2.43. The van der Waals surface area contributed by atoms with Crippen LogP contribution in [0, 0.1) is 6.92 Å². The second-order valence-corrected chi connectivity index (χ2v) is 3.51. The molecule has 2 N–H and O–H groups in total. The van der Waals surface area contributed by atoms with Crippen molar-refractivity contribution < 1.29 is 0 Å². The topological polar surface area (TPSA) is 43.8 Å². The van der Waals surface area contributed by atoms with Crippen molar-refractivity contribution >= 4 is 0 Å². The van der Waals surface area contributed by atoms with Crippen LogP contribution in [0.5, 0.6) is 0 Å². The fraction of sp³-hybridized carbons (Fsp3) is 0.250. The number of rotatable bonds is 3. The summed E-state index contributed by atoms with van der Waals surface area (Å²) in [5.41, 5.74) is 7.89. The van der Waals surface area contributed by atoms with E-state index in [4.69, 9.17) is 5.73 Å². The number of benzene rings is 1. The molecule has 0 atom stereocenters. The van der Waals surface area contributed by atoms with Crippen molar-refractivity contribution in [2.24, 2.45) is 5.73 Å². The summed E-state index contributed by atoms with van der Waals surface area (Å²) in [5, 5.41) is 0. The summed E-state index contributed by atoms with van der Waals surface area (Å²) in [6.07, 6.45) is 2.75. The van der Waals surface area contributed by atoms with E-state index in [1.165, 1.54) is 5.69 Å². The molecule has 15 heavy (non-hydrogen) atoms. The van der Waals surface area contributed by atoms with Gasteiger partial charge in [0.2, 0.25) is 0 Å². The summed E-state index contributed by atoms with van der Waals surface area (Å²) < 4.78 is 2.15. The summed E-state index contributed by atoms with van der Waals surface area (Å²) in [6.45, 7) is 2.66. The fourth-order valence-electron chi connectivity index (χ4n) is 1.75. The predicted octanol–water partition coefficient (Wildman–Crippen LogP) is 1.68. The van der Waals surface area contributed by atoms with Gasteiger partial charge in [-0.15, -0.1) is 0 Å². The van der Waals surface area contributed by atoms with Crippen LogP contribution < -0.4 is 5.73 Å². The third kappa shape index (κ3) is 1.92. The zero-order valence-electron chi connectivity index (χ0n) is 8.85. The Bertz CT molecular complexity index is 431. The van der Waals surface area contributed by atoms with Crippen LogP contribution in [0.15, 0.2) is 36.5 Å². The van der Waals surface area contributed by atoms with E-state index in [1.807, 2.05) is 31.3 Å². The van der Waals surface area contributed by atoms with E-state index in [0.29, 0.717) is 6.54 Å². The molecule has 0 spiro atoms. The second-order valence-electron chi connectivity index (χ2n) is 3.51. The molecule has 1 heterocycles. The van der Waals surface area contributed by atoms with E-state index in [-0.39, 0.29) is 0 Å². The summed E-state index contributed by atoms with van der Waals surface area (Å²) >= 11 is 0. The lowest BCUT2D eigenvalue weighted by molar-refractivity contribution is 0.853. The molecule has 0 aliphatic rings. The van der Waals surface area contributed by atoms with Gasteiger partial charge in [-0.05, 0) is 25.6 Å². The zero-order valence-corrected chi connectivity index (χ0v) is 8.85. The van der Waals surface area contributed by atoms with Gasteiger partial charge in [-0.1, -0.05) is 18.2 Å². The molecule has 0 saturated heterocycles. The van der Waals surface area contributed by atoms with Crippen LogP contribution in [0.4, 0.5) is 0 Å². The van der Waals surface area contributed by atoms with Gasteiger partial charge in [-0.2, -0.15) is 0 Å². The van der Waals surface area contributed by atoms with Crippen molar-refractivity contribution in [3.8, 4) is 5.69 Å². The molecule has 0 radical (unpaired) electrons. The van der Waals surface area contributed by atoms with E-state index in [0.717, 1.165) is 17.9 Å². The van der Waals surface area contributed by atoms with Crippen molar-refractivity contribution in [2.45, 2.75) is 13.3 Å². The first-order chi connectivity index (χ1) is 7.33. The number of hydrogen-bond donors (Lipinski definition) is 1. The molecule has 1 aromatic heterocycles. The van der Waals surface area contributed by atoms with E-state index >= 15 is 0 Å². The predicted molar refractivity (Wildman–Crippen MR) is 61.1 cm³/mol. The third-order valence-corrected chi connectivity index (χ3v) is 2.43. The van der Waals surface area contributed by atoms with E-state index in [9.17, 15) is 0 Å². The molecule has 0 fully saturated rings. The SMILES string of the molecule is Cc1ncc(CCN)n1-c1ccccc1. The van der Waals surface area contributed by atoms with E-state index < -0.39 is 0 Å². The lowest BCUT2D eigenvalue weighted by Gasteiger charge is -2.09. The quantitative estimate of drug-likeness (QED) is 0.821. The Morgan fingerprint density at radius 1 is 1.27 bits per heavy atom. The van der Waals surface area contributed by atoms with Crippen LogP contribution in [0.1, 0.15) is 11.5 Å². The van der Waals surface area contributed by atoms with Crippen LogP contribution in [-0.4, -0.2) is 16.1 Å². The minimum absolute atomic E-state index is 0.651. The van der Waals surface area contributed by atoms with Crippen LogP contribution in [-0.2, 0) is 6.42 Å². The number of hydrogen-bond acceptors (Lipinski definition) is 2. The van der Waals surface area contributed by atoms with Crippen molar-refractivity contribution in [2.75, 3.05) is 6.54 Å². The van der Waals surface area contributed by atoms with Gasteiger partial charge < -0.3 is 10.3 Å². The van der Waals surface area contributed by atoms with Crippen LogP contribution in [0.25, 0.3) is 5.69 Å². The number of para-hydroxylation sites is 1. The number of nitrogens with two attached hydrogens (primary N) is 1. The van der Waals surface area contributed by atoms with Crippen LogP contribution in [0.3, 0.4) is 0 Å². The molecular weight excluding hydrogens is 186 g/mol. The van der Waals surface area contributed by atoms with Gasteiger partial charge in [-0.25, -0.2) is 4.98 Å². The Morgan fingerprint density at radius 3 is 2.67 bits per heavy atom. The van der Waals surface area contributed by atoms with Gasteiger partial charge >= 0.3 is 0 Å². The Hall–Kier alpha value is -1.61. The molecule has 0 unspecified atom stereocenters. The minimum Gasteiger partial charge on any atom is -0.330 e. The molecule has 0 aliphatic carbocycles. The molecule has 78 valence electrons. The van der Waals surface area contributed by atoms with Gasteiger partial charge in [0.05, 0.1) is 0 Å². The highest BCUT2D eigenvalue weighted by atomic mass is 15.1. The maximum absolute atomic E-state index is 5.58. The normalized spacial score (nSPS) is 10.5. The molecule has 0 bridgehead atoms. The lowest BCUT2D eigenvalue weighted by Crippen LogP contribution is -2.08. The maximum Gasteiger partial charge on any atom is 0.110 e. The summed E-state index contributed by atoms with van der Waals surface area (Å²) in [7, 11) is 0. The number of aromatic nitrogens is 2. The van der Waals surface area contributed by atoms with Gasteiger partial charge in [0.1, 0.15) is 5.82 Å². The molecule has 0 saturated carbocycles. The van der Waals surface area contributed by atoms with Gasteiger partial charge in [0, 0.05) is 24.0 Å². The molecular formula is C12H15N3. The average Bonchev–Trinajstić information content (AvgIpc) is 2.62. The van der Waals surface area contributed by atoms with Gasteiger partial charge in [0.15, 0.2) is 0 Å². The zero-order chi connectivity index (χ0) is 10.7. The van der Waals surface area contributed by atoms with E-state index in [2.05, 4.69) is 21.7 Å². The summed E-state index contributed by atoms with van der Waals surface area (Å²) in [4.78, 5) is 4.32. The molecule has 3 heteroatoms. The molecule has 0 aliphatic heterocycles. The largest absolute Gasteiger partial charge is 0.330 e. The maximum atomic E-state index is 5.58. The molecule has 1 aromatic carbocycles. The fourth-order valence-corrected chi connectivity index (χ4v) is 1.75. The second kappa shape index (κ2) is 4.28. The average molecular weight is 201 g/mol. The van der Waals surface area contributed by atoms with Crippen molar-refractivity contribution in [1.82, 2.24) is 9.55 Å². The first kappa shape index (κ1) is 9.93. The smallest absolute Gasteiger partial charge is 0.110 e. The summed E-state index contributed by atoms with van der Waals surface area (Å²) in [5.74, 6) is 1.00. The highest BCUT2D eigenvalue weighted by molar-refractivity contribution is 5.35. The molecule has 0 amide bonds. The van der Waals surface area contributed by atoms with E-state index in [1.54, 1.807) is 0 Å². The minimum atomic E-state index is 0.651. The monoisotopic (exact) mass is 201 g/mol. The van der Waals surface area contributed by atoms with Crippen molar-refractivity contribution in [3.05, 3.63) is 48.0 Å². The Morgan fingerprint density at radius 2 is 2.00 bits per heavy atom. The van der Waals surface area contributed by atoms with Gasteiger partial charge in [-0.3, -0.25) is 0 Å². The van der Waals surface area contributed by atoms with Gasteiger partial charge in [0.25, 0.3) is 0 Å². The Labute approximate surface area is 89.6 Å². The van der Waals surface area contributed by atoms with Crippen LogP contribution in [0.2, 0.25) is 0 Å². The molecule has 2 aromatic rings. The van der Waals surface area contributed by atoms with Crippen LogP contribution >= 0.6 is 0 Å².